The molecule has 3 rings (SSSR count). The van der Waals surface area contributed by atoms with Gasteiger partial charge in [-0.3, -0.25) is 0 Å². The zero-order valence-electron chi connectivity index (χ0n) is 22.5. The Kier molecular flexibility index (Phi) is 11.3. The van der Waals surface area contributed by atoms with E-state index in [1.807, 2.05) is 17.5 Å². The van der Waals surface area contributed by atoms with Gasteiger partial charge in [0.25, 0.3) is 0 Å². The van der Waals surface area contributed by atoms with E-state index in [-0.39, 0.29) is 10.7 Å². The molecule has 0 bridgehead atoms. The van der Waals surface area contributed by atoms with E-state index in [4.69, 9.17) is 9.47 Å². The van der Waals surface area contributed by atoms with Crippen LogP contribution in [0.4, 0.5) is 13.2 Å². The van der Waals surface area contributed by atoms with E-state index in [9.17, 15) is 13.2 Å². The van der Waals surface area contributed by atoms with Crippen LogP contribution in [-0.4, -0.2) is 25.1 Å². The quantitative estimate of drug-likeness (QED) is 0.190. The number of hydrogen-bond donors (Lipinski definition) is 0. The van der Waals surface area contributed by atoms with Crippen LogP contribution in [0.1, 0.15) is 97.8 Å². The van der Waals surface area contributed by atoms with Gasteiger partial charge in [0, 0.05) is 10.9 Å². The van der Waals surface area contributed by atoms with E-state index in [0.717, 1.165) is 50.3 Å². The Labute approximate surface area is 223 Å². The van der Waals surface area contributed by atoms with E-state index in [1.54, 1.807) is 6.07 Å². The third kappa shape index (κ3) is 7.95. The molecule has 1 aliphatic heterocycles. The highest BCUT2D eigenvalue weighted by atomic mass is 32.1. The molecule has 0 spiro atoms. The first-order valence-electron chi connectivity index (χ1n) is 13.8. The number of rotatable bonds is 17. The topological polar surface area (TPSA) is 43.2 Å². The Balaban J connectivity index is 1.90. The lowest BCUT2D eigenvalue weighted by atomic mass is 10.1. The molecule has 0 amide bonds. The van der Waals surface area contributed by atoms with Gasteiger partial charge in [0.2, 0.25) is 5.66 Å². The number of ether oxygens (including phenoxy) is 2. The van der Waals surface area contributed by atoms with Gasteiger partial charge in [-0.2, -0.15) is 13.2 Å². The number of thiophene rings is 1. The van der Waals surface area contributed by atoms with Crippen molar-refractivity contribution in [2.45, 2.75) is 110 Å². The summed E-state index contributed by atoms with van der Waals surface area (Å²) in [6, 6.07) is 5.34. The SMILES string of the molecule is CCCCCCCCOc1cc2c(c(-c3cccs3)c1OCCCCCCCC)=NC(C)(C(F)(F)F)N=2. The third-order valence-electron chi connectivity index (χ3n) is 6.67. The molecule has 2 heterocycles. The lowest BCUT2D eigenvalue weighted by Crippen LogP contribution is -2.37. The van der Waals surface area contributed by atoms with Crippen LogP contribution in [0.15, 0.2) is 33.6 Å². The van der Waals surface area contributed by atoms with Crippen molar-refractivity contribution in [3.63, 3.8) is 0 Å². The lowest BCUT2D eigenvalue weighted by molar-refractivity contribution is -0.177. The normalized spacial score (nSPS) is 16.8. The average Bonchev–Trinajstić information content (AvgIpc) is 3.50. The minimum absolute atomic E-state index is 0.202. The largest absolute Gasteiger partial charge is 0.490 e. The molecule has 0 saturated heterocycles. The smallest absolute Gasteiger partial charge is 0.433 e. The van der Waals surface area contributed by atoms with Crippen LogP contribution in [0.2, 0.25) is 0 Å². The van der Waals surface area contributed by atoms with Gasteiger partial charge < -0.3 is 9.47 Å². The molecule has 1 unspecified atom stereocenters. The molecule has 0 saturated carbocycles. The number of nitrogens with zero attached hydrogens (tertiary/aromatic N) is 2. The highest BCUT2D eigenvalue weighted by Gasteiger charge is 2.53. The van der Waals surface area contributed by atoms with E-state index >= 15 is 0 Å². The fourth-order valence-electron chi connectivity index (χ4n) is 4.44. The van der Waals surface area contributed by atoms with Crippen molar-refractivity contribution in [2.75, 3.05) is 13.2 Å². The number of unbranched alkanes of at least 4 members (excludes halogenated alkanes) is 10. The molecule has 8 heteroatoms. The van der Waals surface area contributed by atoms with Crippen molar-refractivity contribution in [2.24, 2.45) is 9.98 Å². The molecule has 1 aromatic heterocycles. The predicted molar refractivity (Wildman–Crippen MR) is 144 cm³/mol. The Morgan fingerprint density at radius 3 is 2.00 bits per heavy atom. The predicted octanol–water partition coefficient (Wildman–Crippen LogP) is 8.43. The van der Waals surface area contributed by atoms with Gasteiger partial charge in [-0.25, -0.2) is 9.98 Å². The lowest BCUT2D eigenvalue weighted by Gasteiger charge is -2.20. The molecule has 0 radical (unpaired) electrons. The van der Waals surface area contributed by atoms with Crippen molar-refractivity contribution in [3.8, 4) is 21.9 Å². The number of benzene rings is 1. The first-order valence-corrected chi connectivity index (χ1v) is 14.7. The summed E-state index contributed by atoms with van der Waals surface area (Å²) in [5.41, 5.74) is -1.97. The van der Waals surface area contributed by atoms with Crippen molar-refractivity contribution in [1.82, 2.24) is 0 Å². The monoisotopic (exact) mass is 538 g/mol. The van der Waals surface area contributed by atoms with E-state index < -0.39 is 11.8 Å². The van der Waals surface area contributed by atoms with Crippen molar-refractivity contribution < 1.29 is 22.6 Å². The van der Waals surface area contributed by atoms with Crippen LogP contribution < -0.4 is 20.2 Å². The summed E-state index contributed by atoms with van der Waals surface area (Å²) >= 11 is 1.45. The summed E-state index contributed by atoms with van der Waals surface area (Å²) in [5, 5.41) is 2.33. The average molecular weight is 539 g/mol. The van der Waals surface area contributed by atoms with Gasteiger partial charge in [0.15, 0.2) is 11.5 Å². The van der Waals surface area contributed by atoms with Crippen LogP contribution in [0, 0.1) is 0 Å². The summed E-state index contributed by atoms with van der Waals surface area (Å²) in [6.07, 6.45) is 8.85. The summed E-state index contributed by atoms with van der Waals surface area (Å²) in [4.78, 5) is 8.93. The number of alkyl halides is 3. The minimum Gasteiger partial charge on any atom is -0.490 e. The molecule has 206 valence electrons. The Morgan fingerprint density at radius 1 is 0.838 bits per heavy atom. The fourth-order valence-corrected chi connectivity index (χ4v) is 5.21. The molecule has 37 heavy (non-hydrogen) atoms. The first kappa shape index (κ1) is 29.5. The van der Waals surface area contributed by atoms with Crippen LogP contribution in [0.5, 0.6) is 11.5 Å². The summed E-state index contributed by atoms with van der Waals surface area (Å²) < 4.78 is 54.1. The molecule has 1 atom stereocenters. The van der Waals surface area contributed by atoms with Gasteiger partial charge in [0.05, 0.1) is 29.5 Å². The molecular weight excluding hydrogens is 497 g/mol. The number of halogens is 3. The van der Waals surface area contributed by atoms with Gasteiger partial charge in [-0.05, 0) is 31.2 Å². The second-order valence-corrected chi connectivity index (χ2v) is 10.8. The van der Waals surface area contributed by atoms with Gasteiger partial charge in [0.1, 0.15) is 0 Å². The number of fused-ring (bicyclic) bond motifs is 1. The highest BCUT2D eigenvalue weighted by molar-refractivity contribution is 7.13. The molecule has 1 aromatic carbocycles. The third-order valence-corrected chi connectivity index (χ3v) is 7.56. The Hall–Kier alpha value is -2.09. The van der Waals surface area contributed by atoms with Crippen LogP contribution in [-0.2, 0) is 0 Å². The maximum absolute atomic E-state index is 13.9. The fraction of sp³-hybridized carbons (Fsp3) is 0.655. The Morgan fingerprint density at radius 2 is 1.43 bits per heavy atom. The van der Waals surface area contributed by atoms with Crippen molar-refractivity contribution in [3.05, 3.63) is 34.3 Å². The first-order chi connectivity index (χ1) is 17.8. The van der Waals surface area contributed by atoms with Gasteiger partial charge in [-0.1, -0.05) is 84.1 Å². The van der Waals surface area contributed by atoms with Gasteiger partial charge >= 0.3 is 6.18 Å². The molecule has 0 N–H and O–H groups in total. The zero-order chi connectivity index (χ0) is 26.7. The summed E-state index contributed by atoms with van der Waals surface area (Å²) in [5.74, 6) is 0.929. The molecular formula is C29H41F3N2O2S. The summed E-state index contributed by atoms with van der Waals surface area (Å²) in [7, 11) is 0. The van der Waals surface area contributed by atoms with Crippen molar-refractivity contribution >= 4 is 11.3 Å². The minimum atomic E-state index is -4.60. The van der Waals surface area contributed by atoms with E-state index in [0.29, 0.717) is 30.3 Å². The Bertz CT molecular complexity index is 1090. The van der Waals surface area contributed by atoms with Crippen LogP contribution >= 0.6 is 11.3 Å². The standard InChI is InChI=1S/C29H41F3N2O2S/c1-4-6-8-10-12-14-18-35-23-21-22-26(34-28(3,33-22)29(30,31)32)25(24-17-16-20-37-24)27(23)36-19-15-13-11-9-7-5-2/h16-17,20-21H,4-15,18-19H2,1-3H3. The molecule has 2 aromatic rings. The van der Waals surface area contributed by atoms with Crippen LogP contribution in [0.25, 0.3) is 10.4 Å². The van der Waals surface area contributed by atoms with Crippen molar-refractivity contribution in [1.29, 1.82) is 0 Å². The second kappa shape index (κ2) is 14.2. The molecule has 0 fully saturated rings. The summed E-state index contributed by atoms with van der Waals surface area (Å²) in [6.45, 7) is 6.35. The maximum Gasteiger partial charge on any atom is 0.433 e. The van der Waals surface area contributed by atoms with E-state index in [2.05, 4.69) is 23.8 Å². The van der Waals surface area contributed by atoms with E-state index in [1.165, 1.54) is 49.9 Å². The van der Waals surface area contributed by atoms with Crippen LogP contribution in [0.3, 0.4) is 0 Å². The molecule has 4 nitrogen and oxygen atoms in total. The molecule has 0 aliphatic carbocycles. The highest BCUT2D eigenvalue weighted by Crippen LogP contribution is 2.40. The van der Waals surface area contributed by atoms with Gasteiger partial charge in [-0.15, -0.1) is 11.3 Å². The second-order valence-electron chi connectivity index (χ2n) is 9.90. The number of hydrogen-bond acceptors (Lipinski definition) is 5. The molecule has 1 aliphatic rings. The zero-order valence-corrected chi connectivity index (χ0v) is 23.3. The maximum atomic E-state index is 13.9.